The number of nitrogens with one attached hydrogen (secondary N) is 3. The van der Waals surface area contributed by atoms with E-state index in [0.29, 0.717) is 29.6 Å². The predicted octanol–water partition coefficient (Wildman–Crippen LogP) is 4.33. The fourth-order valence-electron chi connectivity index (χ4n) is 3.67. The number of fused-ring (bicyclic) bond motifs is 2. The zero-order valence-electron chi connectivity index (χ0n) is 17.7. The van der Waals surface area contributed by atoms with Crippen LogP contribution in [-0.4, -0.2) is 37.9 Å². The molecule has 0 unspecified atom stereocenters. The summed E-state index contributed by atoms with van der Waals surface area (Å²) in [4.78, 5) is 7.51. The van der Waals surface area contributed by atoms with Crippen LogP contribution < -0.4 is 24.8 Å². The summed E-state index contributed by atoms with van der Waals surface area (Å²) in [6.07, 6.45) is 2.82. The van der Waals surface area contributed by atoms with Crippen LogP contribution in [0.15, 0.2) is 41.5 Å². The lowest BCUT2D eigenvalue weighted by Crippen LogP contribution is -2.38. The van der Waals surface area contributed by atoms with Crippen molar-refractivity contribution in [1.82, 2.24) is 15.6 Å². The Labute approximate surface area is 201 Å². The minimum atomic E-state index is -2.93. The van der Waals surface area contributed by atoms with Crippen molar-refractivity contribution in [3.8, 4) is 17.2 Å². The molecule has 0 atom stereocenters. The minimum Gasteiger partial charge on any atom is -0.454 e. The third-order valence-electron chi connectivity index (χ3n) is 5.12. The number of benzene rings is 2. The Morgan fingerprint density at radius 2 is 1.97 bits per heavy atom. The molecule has 2 aromatic carbocycles. The third-order valence-corrected chi connectivity index (χ3v) is 5.12. The number of nitrogens with zero attached hydrogens (tertiary/aromatic N) is 1. The SMILES string of the molecule is CN=C(NCCc1c[nH]c2cccc(C)c12)NCc1cc2c(cc1OC(F)F)OCO2.I. The number of ether oxygens (including phenoxy) is 3. The quantitative estimate of drug-likeness (QED) is 0.229. The van der Waals surface area contributed by atoms with E-state index >= 15 is 0 Å². The average molecular weight is 558 g/mol. The van der Waals surface area contributed by atoms with Crippen molar-refractivity contribution in [3.63, 3.8) is 0 Å². The van der Waals surface area contributed by atoms with Crippen molar-refractivity contribution in [1.29, 1.82) is 0 Å². The molecular formula is C22H25F2IN4O3. The molecule has 4 rings (SSSR count). The lowest BCUT2D eigenvalue weighted by Gasteiger charge is -2.15. The van der Waals surface area contributed by atoms with Gasteiger partial charge in [0.1, 0.15) is 5.75 Å². The largest absolute Gasteiger partial charge is 0.454 e. The Kier molecular flexibility index (Phi) is 7.99. The van der Waals surface area contributed by atoms with Crippen LogP contribution >= 0.6 is 24.0 Å². The Morgan fingerprint density at radius 3 is 2.72 bits per heavy atom. The van der Waals surface area contributed by atoms with Gasteiger partial charge in [-0.05, 0) is 36.6 Å². The molecule has 7 nitrogen and oxygen atoms in total. The minimum absolute atomic E-state index is 0. The number of halogens is 3. The summed E-state index contributed by atoms with van der Waals surface area (Å²) in [6.45, 7) is 0.0956. The van der Waals surface area contributed by atoms with Crippen LogP contribution in [0.3, 0.4) is 0 Å². The third kappa shape index (κ3) is 5.34. The highest BCUT2D eigenvalue weighted by Crippen LogP contribution is 2.38. The number of aromatic amines is 1. The summed E-state index contributed by atoms with van der Waals surface area (Å²) in [5.41, 5.74) is 4.08. The van der Waals surface area contributed by atoms with E-state index in [2.05, 4.69) is 44.4 Å². The van der Waals surface area contributed by atoms with Crippen molar-refractivity contribution in [2.75, 3.05) is 20.4 Å². The van der Waals surface area contributed by atoms with Crippen LogP contribution in [0.25, 0.3) is 10.9 Å². The highest BCUT2D eigenvalue weighted by molar-refractivity contribution is 14.0. The number of guanidine groups is 1. The molecule has 2 heterocycles. The van der Waals surface area contributed by atoms with Crippen molar-refractivity contribution in [3.05, 3.63) is 53.2 Å². The second kappa shape index (κ2) is 10.7. The summed E-state index contributed by atoms with van der Waals surface area (Å²) in [5.74, 6) is 1.47. The summed E-state index contributed by atoms with van der Waals surface area (Å²) < 4.78 is 40.8. The average Bonchev–Trinajstić information content (AvgIpc) is 3.37. The molecule has 10 heteroatoms. The van der Waals surface area contributed by atoms with E-state index in [1.54, 1.807) is 13.1 Å². The van der Waals surface area contributed by atoms with Gasteiger partial charge < -0.3 is 29.8 Å². The van der Waals surface area contributed by atoms with Crippen LogP contribution in [0.4, 0.5) is 8.78 Å². The summed E-state index contributed by atoms with van der Waals surface area (Å²) in [7, 11) is 1.65. The van der Waals surface area contributed by atoms with Crippen LogP contribution in [0.2, 0.25) is 0 Å². The van der Waals surface area contributed by atoms with Gasteiger partial charge in [-0.15, -0.1) is 24.0 Å². The number of aromatic nitrogens is 1. The van der Waals surface area contributed by atoms with Gasteiger partial charge in [-0.2, -0.15) is 8.78 Å². The van der Waals surface area contributed by atoms with Crippen LogP contribution in [-0.2, 0) is 13.0 Å². The Balaban J connectivity index is 0.00000289. The molecule has 0 fully saturated rings. The van der Waals surface area contributed by atoms with Gasteiger partial charge in [-0.3, -0.25) is 4.99 Å². The van der Waals surface area contributed by atoms with E-state index in [-0.39, 0.29) is 43.1 Å². The molecule has 3 N–H and O–H groups in total. The molecule has 0 saturated carbocycles. The van der Waals surface area contributed by atoms with Crippen LogP contribution in [0, 0.1) is 6.92 Å². The maximum atomic E-state index is 12.8. The van der Waals surface area contributed by atoms with Gasteiger partial charge in [0, 0.05) is 48.9 Å². The standard InChI is InChI=1S/C22H24F2N4O3.HI/c1-13-4-3-5-16-20(13)14(10-27-16)6-7-26-22(25-2)28-11-15-8-18-19(30-12-29-18)9-17(15)31-21(23)24;/h3-5,8-10,21,27H,6-7,11-12H2,1-2H3,(H2,25,26,28);1H. The predicted molar refractivity (Wildman–Crippen MR) is 130 cm³/mol. The smallest absolute Gasteiger partial charge is 0.387 e. The zero-order chi connectivity index (χ0) is 21.8. The highest BCUT2D eigenvalue weighted by atomic mass is 127. The number of hydrogen-bond donors (Lipinski definition) is 3. The molecule has 0 saturated heterocycles. The molecule has 1 aliphatic heterocycles. The molecule has 0 amide bonds. The molecule has 0 spiro atoms. The molecular weight excluding hydrogens is 533 g/mol. The molecule has 1 aromatic heterocycles. The van der Waals surface area contributed by atoms with Crippen molar-refractivity contribution in [2.24, 2.45) is 4.99 Å². The molecule has 0 aliphatic carbocycles. The first kappa shape index (κ1) is 23.9. The monoisotopic (exact) mass is 558 g/mol. The lowest BCUT2D eigenvalue weighted by atomic mass is 10.1. The highest BCUT2D eigenvalue weighted by Gasteiger charge is 2.20. The van der Waals surface area contributed by atoms with Crippen molar-refractivity contribution < 1.29 is 23.0 Å². The molecule has 0 bridgehead atoms. The second-order valence-corrected chi connectivity index (χ2v) is 7.11. The number of hydrogen-bond acceptors (Lipinski definition) is 4. The Hall–Kier alpha value is -2.76. The summed E-state index contributed by atoms with van der Waals surface area (Å²) in [6, 6.07) is 9.24. The van der Waals surface area contributed by atoms with E-state index in [4.69, 9.17) is 9.47 Å². The van der Waals surface area contributed by atoms with Gasteiger partial charge in [-0.1, -0.05) is 12.1 Å². The topological polar surface area (TPSA) is 79.9 Å². The molecule has 3 aromatic rings. The zero-order valence-corrected chi connectivity index (χ0v) is 20.0. The number of alkyl halides is 2. The van der Waals surface area contributed by atoms with E-state index in [9.17, 15) is 8.78 Å². The van der Waals surface area contributed by atoms with Gasteiger partial charge >= 0.3 is 6.61 Å². The van der Waals surface area contributed by atoms with E-state index in [1.165, 1.54) is 22.6 Å². The van der Waals surface area contributed by atoms with Gasteiger partial charge in [0.05, 0.1) is 0 Å². The molecule has 0 radical (unpaired) electrons. The van der Waals surface area contributed by atoms with Gasteiger partial charge in [0.2, 0.25) is 6.79 Å². The van der Waals surface area contributed by atoms with Gasteiger partial charge in [-0.25, -0.2) is 0 Å². The van der Waals surface area contributed by atoms with Gasteiger partial charge in [0.15, 0.2) is 17.5 Å². The summed E-state index contributed by atoms with van der Waals surface area (Å²) >= 11 is 0. The first-order valence-corrected chi connectivity index (χ1v) is 9.92. The van der Waals surface area contributed by atoms with Gasteiger partial charge in [0.25, 0.3) is 0 Å². The molecule has 32 heavy (non-hydrogen) atoms. The molecule has 1 aliphatic rings. The Morgan fingerprint density at radius 1 is 1.19 bits per heavy atom. The number of aryl methyl sites for hydroxylation is 1. The second-order valence-electron chi connectivity index (χ2n) is 7.11. The van der Waals surface area contributed by atoms with Crippen LogP contribution in [0.1, 0.15) is 16.7 Å². The molecule has 172 valence electrons. The summed E-state index contributed by atoms with van der Waals surface area (Å²) in [5, 5.41) is 7.62. The lowest BCUT2D eigenvalue weighted by molar-refractivity contribution is -0.0505. The van der Waals surface area contributed by atoms with Crippen molar-refractivity contribution >= 4 is 40.8 Å². The number of H-pyrrole nitrogens is 1. The fraction of sp³-hybridized carbons (Fsp3) is 0.318. The number of aliphatic imine (C=N–C) groups is 1. The maximum absolute atomic E-state index is 12.8. The number of rotatable bonds is 7. The maximum Gasteiger partial charge on any atom is 0.387 e. The van der Waals surface area contributed by atoms with E-state index < -0.39 is 6.61 Å². The first-order chi connectivity index (χ1) is 15.0. The van der Waals surface area contributed by atoms with E-state index in [1.807, 2.05) is 12.3 Å². The first-order valence-electron chi connectivity index (χ1n) is 9.92. The van der Waals surface area contributed by atoms with Crippen molar-refractivity contribution in [2.45, 2.75) is 26.5 Å². The normalized spacial score (nSPS) is 12.7. The Bertz CT molecular complexity index is 1100. The van der Waals surface area contributed by atoms with Crippen LogP contribution in [0.5, 0.6) is 17.2 Å². The fourth-order valence-corrected chi connectivity index (χ4v) is 3.67. The van der Waals surface area contributed by atoms with E-state index in [0.717, 1.165) is 11.9 Å².